The fourth-order valence-electron chi connectivity index (χ4n) is 2.17. The summed E-state index contributed by atoms with van der Waals surface area (Å²) in [6.07, 6.45) is 1.56. The number of nitrogens with zero attached hydrogens (tertiary/aromatic N) is 3. The summed E-state index contributed by atoms with van der Waals surface area (Å²) in [5, 5.41) is 0. The van der Waals surface area contributed by atoms with E-state index in [0.717, 1.165) is 17.7 Å². The SMILES string of the molecule is Cc1ccnc2c1nc(CCl)n2-c1cc(F)c(F)c(F)c1. The van der Waals surface area contributed by atoms with Gasteiger partial charge in [-0.2, -0.15) is 0 Å². The summed E-state index contributed by atoms with van der Waals surface area (Å²) in [5.74, 6) is -3.67. The van der Waals surface area contributed by atoms with Crippen molar-refractivity contribution >= 4 is 22.8 Å². The molecular formula is C14H9ClF3N3. The highest BCUT2D eigenvalue weighted by Gasteiger charge is 2.18. The first-order valence-electron chi connectivity index (χ1n) is 6.06. The highest BCUT2D eigenvalue weighted by Crippen LogP contribution is 2.25. The summed E-state index contributed by atoms with van der Waals surface area (Å²) in [4.78, 5) is 8.49. The van der Waals surface area contributed by atoms with Crippen molar-refractivity contribution in [1.29, 1.82) is 0 Å². The molecule has 0 saturated heterocycles. The topological polar surface area (TPSA) is 30.7 Å². The molecule has 2 heterocycles. The molecule has 0 radical (unpaired) electrons. The first kappa shape index (κ1) is 13.9. The van der Waals surface area contributed by atoms with E-state index >= 15 is 0 Å². The maximum Gasteiger partial charge on any atom is 0.194 e. The number of aromatic nitrogens is 3. The third-order valence-electron chi connectivity index (χ3n) is 3.16. The van der Waals surface area contributed by atoms with Crippen LogP contribution in [0.5, 0.6) is 0 Å². The van der Waals surface area contributed by atoms with Gasteiger partial charge in [0.1, 0.15) is 11.3 Å². The molecule has 0 N–H and O–H groups in total. The van der Waals surface area contributed by atoms with E-state index in [1.165, 1.54) is 4.57 Å². The molecule has 108 valence electrons. The van der Waals surface area contributed by atoms with Gasteiger partial charge in [-0.05, 0) is 18.6 Å². The Morgan fingerprint density at radius 3 is 2.48 bits per heavy atom. The lowest BCUT2D eigenvalue weighted by Crippen LogP contribution is -2.03. The molecule has 3 rings (SSSR count). The first-order chi connectivity index (χ1) is 10.0. The molecule has 0 aliphatic carbocycles. The molecule has 0 aliphatic rings. The zero-order chi connectivity index (χ0) is 15.1. The van der Waals surface area contributed by atoms with Crippen LogP contribution >= 0.6 is 11.6 Å². The van der Waals surface area contributed by atoms with E-state index in [0.29, 0.717) is 17.0 Å². The van der Waals surface area contributed by atoms with Crippen molar-refractivity contribution in [2.45, 2.75) is 12.8 Å². The molecule has 21 heavy (non-hydrogen) atoms. The normalized spacial score (nSPS) is 11.3. The average Bonchev–Trinajstić information content (AvgIpc) is 2.84. The molecule has 0 fully saturated rings. The summed E-state index contributed by atoms with van der Waals surface area (Å²) < 4.78 is 41.4. The monoisotopic (exact) mass is 311 g/mol. The molecule has 3 nitrogen and oxygen atoms in total. The molecule has 0 atom stereocenters. The lowest BCUT2D eigenvalue weighted by molar-refractivity contribution is 0.446. The molecule has 0 spiro atoms. The lowest BCUT2D eigenvalue weighted by atomic mass is 10.2. The second-order valence-electron chi connectivity index (χ2n) is 4.52. The van der Waals surface area contributed by atoms with Crippen LogP contribution in [-0.2, 0) is 5.88 Å². The molecule has 7 heteroatoms. The molecule has 0 bridgehead atoms. The predicted molar refractivity (Wildman–Crippen MR) is 73.0 cm³/mol. The van der Waals surface area contributed by atoms with Crippen LogP contribution < -0.4 is 0 Å². The predicted octanol–water partition coefficient (Wildman–Crippen LogP) is 3.89. The van der Waals surface area contributed by atoms with E-state index in [9.17, 15) is 13.2 Å². The first-order valence-corrected chi connectivity index (χ1v) is 6.60. The number of hydrogen-bond donors (Lipinski definition) is 0. The van der Waals surface area contributed by atoms with Crippen LogP contribution in [0.15, 0.2) is 24.4 Å². The third kappa shape index (κ3) is 2.15. The van der Waals surface area contributed by atoms with Crippen LogP contribution in [-0.4, -0.2) is 14.5 Å². The number of benzene rings is 1. The Morgan fingerprint density at radius 2 is 1.86 bits per heavy atom. The van der Waals surface area contributed by atoms with Crippen molar-refractivity contribution in [3.63, 3.8) is 0 Å². The van der Waals surface area contributed by atoms with E-state index in [4.69, 9.17) is 11.6 Å². The Bertz CT molecular complexity index is 822. The zero-order valence-corrected chi connectivity index (χ0v) is 11.6. The molecule has 0 saturated carbocycles. The molecule has 2 aromatic heterocycles. The summed E-state index contributed by atoms with van der Waals surface area (Å²) in [5.41, 5.74) is 1.94. The average molecular weight is 312 g/mol. The largest absolute Gasteiger partial charge is 0.279 e. The van der Waals surface area contributed by atoms with E-state index in [-0.39, 0.29) is 11.6 Å². The molecule has 0 aliphatic heterocycles. The van der Waals surface area contributed by atoms with Crippen molar-refractivity contribution in [3.8, 4) is 5.69 Å². The maximum atomic E-state index is 13.4. The van der Waals surface area contributed by atoms with Crippen molar-refractivity contribution < 1.29 is 13.2 Å². The molecular weight excluding hydrogens is 303 g/mol. The van der Waals surface area contributed by atoms with Gasteiger partial charge in [0.05, 0.1) is 11.6 Å². The van der Waals surface area contributed by atoms with Gasteiger partial charge in [0, 0.05) is 18.3 Å². The molecule has 0 amide bonds. The zero-order valence-electron chi connectivity index (χ0n) is 10.9. The minimum atomic E-state index is -1.51. The second-order valence-corrected chi connectivity index (χ2v) is 4.79. The van der Waals surface area contributed by atoms with Gasteiger partial charge in [-0.1, -0.05) is 0 Å². The third-order valence-corrected chi connectivity index (χ3v) is 3.40. The number of alkyl halides is 1. The van der Waals surface area contributed by atoms with Crippen molar-refractivity contribution in [1.82, 2.24) is 14.5 Å². The Morgan fingerprint density at radius 1 is 1.19 bits per heavy atom. The molecule has 0 unspecified atom stereocenters. The standard InChI is InChI=1S/C14H9ClF3N3/c1-7-2-3-19-14-13(7)20-11(6-15)21(14)8-4-9(16)12(18)10(17)5-8/h2-5H,6H2,1H3. The lowest BCUT2D eigenvalue weighted by Gasteiger charge is -2.08. The minimum absolute atomic E-state index is 0.0242. The van der Waals surface area contributed by atoms with Gasteiger partial charge in [0.25, 0.3) is 0 Å². The molecule has 3 aromatic rings. The van der Waals surface area contributed by atoms with Gasteiger partial charge in [0.2, 0.25) is 0 Å². The maximum absolute atomic E-state index is 13.4. The number of imidazole rings is 1. The summed E-state index contributed by atoms with van der Waals surface area (Å²) in [6, 6.07) is 3.54. The number of halogens is 4. The number of rotatable bonds is 2. The highest BCUT2D eigenvalue weighted by molar-refractivity contribution is 6.17. The second kappa shape index (κ2) is 5.04. The quantitative estimate of drug-likeness (QED) is 0.531. The smallest absolute Gasteiger partial charge is 0.194 e. The Kier molecular flexibility index (Phi) is 3.33. The van der Waals surface area contributed by atoms with Gasteiger partial charge in [-0.3, -0.25) is 4.57 Å². The number of pyridine rings is 1. The fraction of sp³-hybridized carbons (Fsp3) is 0.143. The van der Waals surface area contributed by atoms with Crippen molar-refractivity contribution in [3.05, 3.63) is 53.2 Å². The number of aryl methyl sites for hydroxylation is 1. The van der Waals surface area contributed by atoms with Crippen molar-refractivity contribution in [2.75, 3.05) is 0 Å². The van der Waals surface area contributed by atoms with Crippen LogP contribution in [0.25, 0.3) is 16.9 Å². The Balaban J connectivity index is 2.36. The Hall–Kier alpha value is -2.08. The summed E-state index contributed by atoms with van der Waals surface area (Å²) in [6.45, 7) is 1.84. The van der Waals surface area contributed by atoms with Gasteiger partial charge < -0.3 is 0 Å². The van der Waals surface area contributed by atoms with E-state index in [2.05, 4.69) is 9.97 Å². The Labute approximate surface area is 123 Å². The van der Waals surface area contributed by atoms with Gasteiger partial charge >= 0.3 is 0 Å². The highest BCUT2D eigenvalue weighted by atomic mass is 35.5. The van der Waals surface area contributed by atoms with Gasteiger partial charge in [-0.15, -0.1) is 11.6 Å². The fourth-order valence-corrected chi connectivity index (χ4v) is 2.35. The minimum Gasteiger partial charge on any atom is -0.279 e. The molecule has 1 aromatic carbocycles. The van der Waals surface area contributed by atoms with Crippen LogP contribution in [0.2, 0.25) is 0 Å². The van der Waals surface area contributed by atoms with Gasteiger partial charge in [0.15, 0.2) is 23.1 Å². The summed E-state index contributed by atoms with van der Waals surface area (Å²) in [7, 11) is 0. The summed E-state index contributed by atoms with van der Waals surface area (Å²) >= 11 is 5.84. The number of fused-ring (bicyclic) bond motifs is 1. The van der Waals surface area contributed by atoms with Gasteiger partial charge in [-0.25, -0.2) is 23.1 Å². The van der Waals surface area contributed by atoms with Crippen LogP contribution in [0, 0.1) is 24.4 Å². The van der Waals surface area contributed by atoms with Crippen LogP contribution in [0.1, 0.15) is 11.4 Å². The van der Waals surface area contributed by atoms with Crippen LogP contribution in [0.3, 0.4) is 0 Å². The van der Waals surface area contributed by atoms with Crippen LogP contribution in [0.4, 0.5) is 13.2 Å². The van der Waals surface area contributed by atoms with E-state index in [1.807, 2.05) is 6.92 Å². The number of hydrogen-bond acceptors (Lipinski definition) is 2. The van der Waals surface area contributed by atoms with E-state index in [1.54, 1.807) is 12.3 Å². The van der Waals surface area contributed by atoms with E-state index < -0.39 is 17.5 Å². The van der Waals surface area contributed by atoms with Crippen molar-refractivity contribution in [2.24, 2.45) is 0 Å².